The van der Waals surface area contributed by atoms with E-state index in [1.54, 1.807) is 0 Å². The van der Waals surface area contributed by atoms with Crippen LogP contribution in [-0.4, -0.2) is 20.4 Å². The highest BCUT2D eigenvalue weighted by atomic mass is 32.2. The Morgan fingerprint density at radius 1 is 0.933 bits per heavy atom. The average Bonchev–Trinajstić information content (AvgIpc) is 2.67. The third kappa shape index (κ3) is 5.75. The van der Waals surface area contributed by atoms with Crippen LogP contribution in [0.5, 0.6) is 0 Å². The van der Waals surface area contributed by atoms with Crippen LogP contribution in [0, 0.1) is 19.7 Å². The molecule has 3 rings (SSSR count). The first-order valence-electron chi connectivity index (χ1n) is 9.44. The van der Waals surface area contributed by atoms with Crippen LogP contribution in [0.2, 0.25) is 0 Å². The highest BCUT2D eigenvalue weighted by Gasteiger charge is 2.26. The van der Waals surface area contributed by atoms with Crippen molar-refractivity contribution in [1.29, 1.82) is 0 Å². The summed E-state index contributed by atoms with van der Waals surface area (Å²) in [6.45, 7) is 3.84. The van der Waals surface area contributed by atoms with Gasteiger partial charge in [-0.05, 0) is 73.4 Å². The molecule has 0 aliphatic heterocycles. The second-order valence-corrected chi connectivity index (χ2v) is 8.90. The topological polar surface area (TPSA) is 75.3 Å². The molecular formula is C23H23FN2O3S. The Morgan fingerprint density at radius 3 is 2.13 bits per heavy atom. The maximum atomic E-state index is 13.2. The largest absolute Gasteiger partial charge is 0.325 e. The Bertz CT molecular complexity index is 1110. The number of rotatable bonds is 7. The zero-order valence-corrected chi connectivity index (χ0v) is 17.5. The molecule has 0 aliphatic rings. The van der Waals surface area contributed by atoms with Gasteiger partial charge in [0.2, 0.25) is 15.9 Å². The molecule has 0 aromatic heterocycles. The third-order valence-corrected chi connectivity index (χ3v) is 6.00. The van der Waals surface area contributed by atoms with Crippen LogP contribution >= 0.6 is 0 Å². The summed E-state index contributed by atoms with van der Waals surface area (Å²) in [4.78, 5) is 12.9. The van der Waals surface area contributed by atoms with E-state index in [9.17, 15) is 17.6 Å². The number of sulfonamides is 1. The van der Waals surface area contributed by atoms with Crippen molar-refractivity contribution in [3.63, 3.8) is 0 Å². The van der Waals surface area contributed by atoms with Gasteiger partial charge in [-0.3, -0.25) is 4.79 Å². The molecule has 7 heteroatoms. The Balaban J connectivity index is 1.87. The normalized spacial score (nSPS) is 12.4. The van der Waals surface area contributed by atoms with Crippen LogP contribution in [0.25, 0.3) is 0 Å². The minimum absolute atomic E-state index is 0.110. The summed E-state index contributed by atoms with van der Waals surface area (Å²) in [5.74, 6) is -1.02. The molecule has 0 saturated heterocycles. The molecule has 156 valence electrons. The lowest BCUT2D eigenvalue weighted by molar-refractivity contribution is -0.117. The fourth-order valence-electron chi connectivity index (χ4n) is 3.18. The lowest BCUT2D eigenvalue weighted by Gasteiger charge is -2.19. The maximum absolute atomic E-state index is 13.2. The number of benzene rings is 3. The van der Waals surface area contributed by atoms with E-state index in [0.717, 1.165) is 28.8 Å². The van der Waals surface area contributed by atoms with Gasteiger partial charge in [0.1, 0.15) is 11.9 Å². The van der Waals surface area contributed by atoms with E-state index in [1.165, 1.54) is 12.1 Å². The summed E-state index contributed by atoms with van der Waals surface area (Å²) in [7, 11) is -4.03. The van der Waals surface area contributed by atoms with E-state index in [1.807, 2.05) is 62.4 Å². The van der Waals surface area contributed by atoms with E-state index in [2.05, 4.69) is 10.0 Å². The Hall–Kier alpha value is -3.03. The van der Waals surface area contributed by atoms with Crippen molar-refractivity contribution in [2.75, 3.05) is 5.32 Å². The van der Waals surface area contributed by atoms with Gasteiger partial charge in [0.15, 0.2) is 0 Å². The summed E-state index contributed by atoms with van der Waals surface area (Å²) in [5, 5.41) is 2.80. The molecule has 1 atom stereocenters. The first kappa shape index (κ1) is 21.7. The smallest absolute Gasteiger partial charge is 0.242 e. The van der Waals surface area contributed by atoms with Crippen LogP contribution < -0.4 is 10.0 Å². The zero-order valence-electron chi connectivity index (χ0n) is 16.7. The molecule has 1 amide bonds. The fraction of sp³-hybridized carbons (Fsp3) is 0.174. The molecule has 0 fully saturated rings. The summed E-state index contributed by atoms with van der Waals surface area (Å²) < 4.78 is 41.2. The molecule has 30 heavy (non-hydrogen) atoms. The summed E-state index contributed by atoms with van der Waals surface area (Å²) in [5.41, 5.74) is 3.37. The van der Waals surface area contributed by atoms with Crippen molar-refractivity contribution in [1.82, 2.24) is 4.72 Å². The molecule has 0 aliphatic carbocycles. The highest BCUT2D eigenvalue weighted by Crippen LogP contribution is 2.16. The molecule has 0 radical (unpaired) electrons. The minimum Gasteiger partial charge on any atom is -0.325 e. The second kappa shape index (κ2) is 9.19. The summed E-state index contributed by atoms with van der Waals surface area (Å²) in [6, 6.07) is 18.2. The van der Waals surface area contributed by atoms with E-state index in [4.69, 9.17) is 0 Å². The molecule has 3 aromatic carbocycles. The minimum atomic E-state index is -4.03. The van der Waals surface area contributed by atoms with Gasteiger partial charge in [0.25, 0.3) is 0 Å². The first-order valence-corrected chi connectivity index (χ1v) is 10.9. The van der Waals surface area contributed by atoms with Crippen LogP contribution in [0.4, 0.5) is 10.1 Å². The number of amides is 1. The van der Waals surface area contributed by atoms with Crippen LogP contribution in [0.3, 0.4) is 0 Å². The highest BCUT2D eigenvalue weighted by molar-refractivity contribution is 7.89. The Morgan fingerprint density at radius 2 is 1.53 bits per heavy atom. The number of carbonyl (C=O) groups is 1. The number of nitrogens with one attached hydrogen (secondary N) is 2. The molecule has 0 saturated carbocycles. The van der Waals surface area contributed by atoms with Crippen molar-refractivity contribution in [3.05, 3.63) is 95.3 Å². The van der Waals surface area contributed by atoms with E-state index < -0.39 is 27.8 Å². The maximum Gasteiger partial charge on any atom is 0.242 e. The molecule has 5 nitrogen and oxygen atoms in total. The standard InChI is InChI=1S/C23H23FN2O3S/c1-16-12-17(2)14-20(13-16)25-23(27)22(15-18-6-4-3-5-7-18)26-30(28,29)21-10-8-19(24)9-11-21/h3-14,22,26H,15H2,1-2H3,(H,25,27). The van der Waals surface area contributed by atoms with E-state index in [-0.39, 0.29) is 11.3 Å². The lowest BCUT2D eigenvalue weighted by atomic mass is 10.1. The van der Waals surface area contributed by atoms with Gasteiger partial charge in [-0.25, -0.2) is 12.8 Å². The second-order valence-electron chi connectivity index (χ2n) is 7.18. The average molecular weight is 427 g/mol. The molecule has 0 spiro atoms. The summed E-state index contributed by atoms with van der Waals surface area (Å²) >= 11 is 0. The Kier molecular flexibility index (Phi) is 6.64. The molecule has 2 N–H and O–H groups in total. The number of hydrogen-bond acceptors (Lipinski definition) is 3. The molecule has 1 unspecified atom stereocenters. The van der Waals surface area contributed by atoms with Crippen LogP contribution in [0.1, 0.15) is 16.7 Å². The van der Waals surface area contributed by atoms with Crippen LogP contribution in [-0.2, 0) is 21.2 Å². The number of carbonyl (C=O) groups excluding carboxylic acids is 1. The summed E-state index contributed by atoms with van der Waals surface area (Å²) in [6.07, 6.45) is 0.165. The SMILES string of the molecule is Cc1cc(C)cc(NC(=O)C(Cc2ccccc2)NS(=O)(=O)c2ccc(F)cc2)c1. The van der Waals surface area contributed by atoms with Gasteiger partial charge in [0, 0.05) is 5.69 Å². The van der Waals surface area contributed by atoms with E-state index in [0.29, 0.717) is 5.69 Å². The van der Waals surface area contributed by atoms with Gasteiger partial charge in [0.05, 0.1) is 4.90 Å². The van der Waals surface area contributed by atoms with E-state index >= 15 is 0 Å². The van der Waals surface area contributed by atoms with Gasteiger partial charge in [-0.2, -0.15) is 4.72 Å². The van der Waals surface area contributed by atoms with Crippen molar-refractivity contribution >= 4 is 21.6 Å². The van der Waals surface area contributed by atoms with Crippen LogP contribution in [0.15, 0.2) is 77.7 Å². The molecule has 0 heterocycles. The van der Waals surface area contributed by atoms with Gasteiger partial charge in [-0.1, -0.05) is 36.4 Å². The number of hydrogen-bond donors (Lipinski definition) is 2. The molecule has 3 aromatic rings. The number of aryl methyl sites for hydroxylation is 2. The van der Waals surface area contributed by atoms with Gasteiger partial charge in [-0.15, -0.1) is 0 Å². The number of anilines is 1. The predicted molar refractivity (Wildman–Crippen MR) is 115 cm³/mol. The van der Waals surface area contributed by atoms with Gasteiger partial charge >= 0.3 is 0 Å². The van der Waals surface area contributed by atoms with Gasteiger partial charge < -0.3 is 5.32 Å². The molecular weight excluding hydrogens is 403 g/mol. The van der Waals surface area contributed by atoms with Crippen molar-refractivity contribution in [2.24, 2.45) is 0 Å². The lowest BCUT2D eigenvalue weighted by Crippen LogP contribution is -2.45. The van der Waals surface area contributed by atoms with Crippen molar-refractivity contribution < 1.29 is 17.6 Å². The third-order valence-electron chi connectivity index (χ3n) is 4.51. The van der Waals surface area contributed by atoms with Crippen molar-refractivity contribution in [2.45, 2.75) is 31.2 Å². The molecule has 0 bridgehead atoms. The Labute approximate surface area is 176 Å². The van der Waals surface area contributed by atoms with Crippen molar-refractivity contribution in [3.8, 4) is 0 Å². The predicted octanol–water partition coefficient (Wildman–Crippen LogP) is 3.97. The number of halogens is 1. The first-order chi connectivity index (χ1) is 14.2. The zero-order chi connectivity index (χ0) is 21.7. The fourth-order valence-corrected chi connectivity index (χ4v) is 4.38. The quantitative estimate of drug-likeness (QED) is 0.600. The monoisotopic (exact) mass is 426 g/mol.